The first-order valence-corrected chi connectivity index (χ1v) is 14.7. The first-order chi connectivity index (χ1) is 17.9. The highest BCUT2D eigenvalue weighted by Crippen LogP contribution is 2.28. The van der Waals surface area contributed by atoms with Gasteiger partial charge < -0.3 is 15.1 Å². The van der Waals surface area contributed by atoms with Crippen LogP contribution in [-0.4, -0.2) is 62.3 Å². The summed E-state index contributed by atoms with van der Waals surface area (Å²) in [6, 6.07) is 8.55. The van der Waals surface area contributed by atoms with Gasteiger partial charge in [-0.1, -0.05) is 42.9 Å². The van der Waals surface area contributed by atoms with Crippen LogP contribution in [0.3, 0.4) is 0 Å². The third kappa shape index (κ3) is 5.88. The van der Waals surface area contributed by atoms with Crippen LogP contribution in [0.5, 0.6) is 0 Å². The molecule has 5 rings (SSSR count). The summed E-state index contributed by atoms with van der Waals surface area (Å²) >= 11 is 5.85. The fourth-order valence-electron chi connectivity index (χ4n) is 6.33. The number of hydrogen-bond acceptors (Lipinski definition) is 3. The minimum Gasteiger partial charge on any atom is -0.357 e. The Bertz CT molecular complexity index is 1190. The highest BCUT2D eigenvalue weighted by molar-refractivity contribution is 7.80. The lowest BCUT2D eigenvalue weighted by Crippen LogP contribution is -2.54. The van der Waals surface area contributed by atoms with Crippen molar-refractivity contribution in [2.24, 2.45) is 5.92 Å². The van der Waals surface area contributed by atoms with Gasteiger partial charge >= 0.3 is 5.69 Å². The number of nitrogens with zero attached hydrogens (tertiary/aromatic N) is 4. The minimum atomic E-state index is -0.103. The fourth-order valence-corrected chi connectivity index (χ4v) is 6.77. The molecular weight excluding hydrogens is 478 g/mol. The maximum Gasteiger partial charge on any atom is 0.329 e. The molecule has 0 spiro atoms. The summed E-state index contributed by atoms with van der Waals surface area (Å²) in [6.07, 6.45) is 16.6. The van der Waals surface area contributed by atoms with Gasteiger partial charge in [0.05, 0.1) is 11.0 Å². The van der Waals surface area contributed by atoms with Crippen molar-refractivity contribution in [3.05, 3.63) is 59.1 Å². The summed E-state index contributed by atoms with van der Waals surface area (Å²) in [5, 5.41) is 4.47. The molecule has 1 aliphatic carbocycles. The molecule has 3 heterocycles. The molecule has 200 valence electrons. The number of imidazole rings is 1. The summed E-state index contributed by atoms with van der Waals surface area (Å²) in [5.41, 5.74) is 2.19. The second kappa shape index (κ2) is 11.6. The number of likely N-dealkylation sites (tertiary alicyclic amines) is 2. The van der Waals surface area contributed by atoms with Gasteiger partial charge in [0, 0.05) is 37.1 Å². The van der Waals surface area contributed by atoms with E-state index in [9.17, 15) is 4.79 Å². The Hall–Kier alpha value is -2.38. The lowest BCUT2D eigenvalue weighted by Gasteiger charge is -2.40. The first kappa shape index (κ1) is 26.2. The Balaban J connectivity index is 1.23. The Morgan fingerprint density at radius 2 is 1.73 bits per heavy atom. The Labute approximate surface area is 227 Å². The number of aromatic nitrogens is 2. The van der Waals surface area contributed by atoms with Crippen LogP contribution < -0.4 is 11.0 Å². The van der Waals surface area contributed by atoms with E-state index in [2.05, 4.69) is 82.1 Å². The van der Waals surface area contributed by atoms with Crippen molar-refractivity contribution in [3.8, 4) is 0 Å². The molecule has 0 radical (unpaired) electrons. The number of benzene rings is 1. The zero-order chi connectivity index (χ0) is 25.8. The van der Waals surface area contributed by atoms with Crippen molar-refractivity contribution >= 4 is 28.4 Å². The van der Waals surface area contributed by atoms with Crippen molar-refractivity contribution in [1.82, 2.24) is 24.3 Å². The molecule has 0 saturated carbocycles. The molecule has 0 amide bonds. The summed E-state index contributed by atoms with van der Waals surface area (Å²) < 4.78 is 4.10. The normalized spacial score (nSPS) is 21.6. The van der Waals surface area contributed by atoms with Crippen LogP contribution >= 0.6 is 12.2 Å². The van der Waals surface area contributed by atoms with Crippen molar-refractivity contribution in [3.63, 3.8) is 0 Å². The number of thiocarbonyl (C=S) groups is 1. The lowest BCUT2D eigenvalue weighted by molar-refractivity contribution is 0.222. The van der Waals surface area contributed by atoms with Gasteiger partial charge in [0.2, 0.25) is 0 Å². The zero-order valence-electron chi connectivity index (χ0n) is 22.6. The maximum absolute atomic E-state index is 13.7. The molecule has 7 heteroatoms. The molecule has 3 aliphatic rings. The van der Waals surface area contributed by atoms with Crippen LogP contribution in [0.25, 0.3) is 11.0 Å². The molecular formula is C30H43N5OS. The largest absolute Gasteiger partial charge is 0.357 e. The molecule has 37 heavy (non-hydrogen) atoms. The number of rotatable bonds is 7. The fraction of sp³-hybridized carbons (Fsp3) is 0.600. The number of aryl methyl sites for hydroxylation is 1. The van der Waals surface area contributed by atoms with Crippen LogP contribution in [0.15, 0.2) is 53.4 Å². The second-order valence-corrected chi connectivity index (χ2v) is 12.0. The molecule has 2 aromatic rings. The molecule has 6 nitrogen and oxygen atoms in total. The predicted molar refractivity (Wildman–Crippen MR) is 157 cm³/mol. The smallest absolute Gasteiger partial charge is 0.329 e. The third-order valence-corrected chi connectivity index (χ3v) is 8.99. The van der Waals surface area contributed by atoms with E-state index >= 15 is 0 Å². The van der Waals surface area contributed by atoms with Crippen molar-refractivity contribution in [1.29, 1.82) is 0 Å². The number of fused-ring (bicyclic) bond motifs is 1. The average molecular weight is 522 g/mol. The highest BCUT2D eigenvalue weighted by Gasteiger charge is 2.31. The second-order valence-electron chi connectivity index (χ2n) is 11.6. The Kier molecular flexibility index (Phi) is 8.20. The average Bonchev–Trinajstić information content (AvgIpc) is 3.20. The number of allylic oxidation sites excluding steroid dienone is 3. The molecule has 2 aliphatic heterocycles. The Morgan fingerprint density at radius 3 is 2.43 bits per heavy atom. The number of nitrogens with one attached hydrogen (secondary N) is 1. The van der Waals surface area contributed by atoms with Crippen molar-refractivity contribution < 1.29 is 0 Å². The van der Waals surface area contributed by atoms with E-state index in [0.29, 0.717) is 5.92 Å². The quantitative estimate of drug-likeness (QED) is 0.514. The molecule has 1 atom stereocenters. The molecule has 2 fully saturated rings. The van der Waals surface area contributed by atoms with Gasteiger partial charge in [-0.25, -0.2) is 4.79 Å². The molecule has 1 aromatic carbocycles. The minimum absolute atomic E-state index is 0.103. The molecule has 1 aromatic heterocycles. The van der Waals surface area contributed by atoms with E-state index in [0.717, 1.165) is 68.0 Å². The van der Waals surface area contributed by atoms with Crippen LogP contribution in [-0.2, 0) is 6.54 Å². The van der Waals surface area contributed by atoms with Gasteiger partial charge in [-0.3, -0.25) is 9.13 Å². The zero-order valence-corrected chi connectivity index (χ0v) is 23.4. The predicted octanol–water partition coefficient (Wildman–Crippen LogP) is 5.10. The lowest BCUT2D eigenvalue weighted by atomic mass is 9.83. The van der Waals surface area contributed by atoms with Gasteiger partial charge in [-0.2, -0.15) is 0 Å². The molecule has 1 N–H and O–H groups in total. The summed E-state index contributed by atoms with van der Waals surface area (Å²) in [4.78, 5) is 18.5. The molecule has 2 saturated heterocycles. The molecule has 1 unspecified atom stereocenters. The Morgan fingerprint density at radius 1 is 1.00 bits per heavy atom. The highest BCUT2D eigenvalue weighted by atomic mass is 32.1. The van der Waals surface area contributed by atoms with E-state index in [4.69, 9.17) is 12.2 Å². The van der Waals surface area contributed by atoms with E-state index in [1.54, 1.807) is 0 Å². The SMILES string of the molecule is CC(C)(NC(=S)N1CCC(n2c(=O)n(CCCN3CCCCC3)c3ccccc32)CC1)C1C=CC=CC1. The van der Waals surface area contributed by atoms with Crippen molar-refractivity contribution in [2.45, 2.75) is 76.9 Å². The molecule has 0 bridgehead atoms. The monoisotopic (exact) mass is 521 g/mol. The maximum atomic E-state index is 13.7. The van der Waals surface area contributed by atoms with Gasteiger partial charge in [0.15, 0.2) is 5.11 Å². The van der Waals surface area contributed by atoms with Crippen LogP contribution in [0.4, 0.5) is 0 Å². The number of para-hydroxylation sites is 2. The van der Waals surface area contributed by atoms with Gasteiger partial charge in [-0.15, -0.1) is 0 Å². The topological polar surface area (TPSA) is 45.4 Å². The van der Waals surface area contributed by atoms with Crippen LogP contribution in [0, 0.1) is 5.92 Å². The van der Waals surface area contributed by atoms with E-state index in [-0.39, 0.29) is 17.3 Å². The standard InChI is InChI=1S/C30H43N5OS/c1-30(2,24-12-5-3-6-13-24)31-28(37)33-22-16-25(17-23-33)35-27-15-8-7-14-26(27)34(29(35)36)21-11-20-32-18-9-4-10-19-32/h3,5-8,12,14-15,24-25H,4,9-11,13,16-23H2,1-2H3,(H,31,37). The summed E-state index contributed by atoms with van der Waals surface area (Å²) in [5.74, 6) is 0.424. The van der Waals surface area contributed by atoms with Crippen molar-refractivity contribution in [2.75, 3.05) is 32.7 Å². The van der Waals surface area contributed by atoms with E-state index in [1.807, 2.05) is 4.57 Å². The van der Waals surface area contributed by atoms with Gasteiger partial charge in [0.1, 0.15) is 0 Å². The van der Waals surface area contributed by atoms with E-state index in [1.165, 1.54) is 32.4 Å². The summed E-state index contributed by atoms with van der Waals surface area (Å²) in [7, 11) is 0. The van der Waals surface area contributed by atoms with Crippen LogP contribution in [0.1, 0.15) is 64.8 Å². The van der Waals surface area contributed by atoms with Crippen LogP contribution in [0.2, 0.25) is 0 Å². The van der Waals surface area contributed by atoms with Gasteiger partial charge in [0.25, 0.3) is 0 Å². The first-order valence-electron chi connectivity index (χ1n) is 14.3. The number of piperidine rings is 2. The summed E-state index contributed by atoms with van der Waals surface area (Å²) in [6.45, 7) is 10.5. The van der Waals surface area contributed by atoms with Gasteiger partial charge in [-0.05, 0) is 96.4 Å². The third-order valence-electron chi connectivity index (χ3n) is 8.63. The van der Waals surface area contributed by atoms with E-state index < -0.39 is 0 Å². The number of hydrogen-bond donors (Lipinski definition) is 1.